The van der Waals surface area contributed by atoms with Crippen molar-refractivity contribution in [2.45, 2.75) is 194 Å². The molecule has 0 aliphatic rings. The molecule has 0 heterocycles. The SMILES string of the molecule is CC\C=C/C=C\C=C/C=C\C=C/CCCCCC(=O)OCC(COC(=O)CCCCCCCCCCC)OC(=O)CCCCCCCCC\C=C/C=C\C=C/CC. The fraction of sp³-hybridized carbons (Fsp3) is 0.627. The van der Waals surface area contributed by atoms with Crippen LogP contribution in [0.5, 0.6) is 0 Å². The van der Waals surface area contributed by atoms with Crippen LogP contribution < -0.4 is 0 Å². The summed E-state index contributed by atoms with van der Waals surface area (Å²) < 4.78 is 16.7. The van der Waals surface area contributed by atoms with E-state index in [2.05, 4.69) is 69.4 Å². The normalized spacial score (nSPS) is 13.0. The van der Waals surface area contributed by atoms with E-state index in [0.717, 1.165) is 89.9 Å². The van der Waals surface area contributed by atoms with Crippen LogP contribution in [-0.4, -0.2) is 37.2 Å². The number of hydrogen-bond donors (Lipinski definition) is 0. The van der Waals surface area contributed by atoms with Crippen LogP contribution in [0.2, 0.25) is 0 Å². The molecule has 322 valence electrons. The number of unbranched alkanes of at least 4 members (excludes halogenated alkanes) is 18. The second-order valence-corrected chi connectivity index (χ2v) is 14.7. The summed E-state index contributed by atoms with van der Waals surface area (Å²) in [6.45, 7) is 6.27. The van der Waals surface area contributed by atoms with Crippen LogP contribution in [0.4, 0.5) is 0 Å². The molecule has 0 bridgehead atoms. The molecule has 0 aromatic heterocycles. The van der Waals surface area contributed by atoms with E-state index in [4.69, 9.17) is 14.2 Å². The molecule has 0 aromatic carbocycles. The molecule has 0 fully saturated rings. The summed E-state index contributed by atoms with van der Waals surface area (Å²) in [5, 5.41) is 0. The molecule has 0 aliphatic heterocycles. The van der Waals surface area contributed by atoms with Gasteiger partial charge in [0.1, 0.15) is 13.2 Å². The molecule has 0 saturated carbocycles. The lowest BCUT2D eigenvalue weighted by molar-refractivity contribution is -0.167. The van der Waals surface area contributed by atoms with E-state index in [1.54, 1.807) is 0 Å². The van der Waals surface area contributed by atoms with Gasteiger partial charge in [-0.15, -0.1) is 0 Å². The van der Waals surface area contributed by atoms with E-state index in [-0.39, 0.29) is 31.1 Å². The van der Waals surface area contributed by atoms with Crippen LogP contribution in [0.15, 0.2) is 97.2 Å². The maximum Gasteiger partial charge on any atom is 0.306 e. The Kier molecular flexibility index (Phi) is 42.1. The van der Waals surface area contributed by atoms with E-state index in [1.165, 1.54) is 57.8 Å². The molecule has 1 unspecified atom stereocenters. The van der Waals surface area contributed by atoms with Crippen molar-refractivity contribution in [3.05, 3.63) is 97.2 Å². The van der Waals surface area contributed by atoms with Crippen LogP contribution in [0.25, 0.3) is 0 Å². The Labute approximate surface area is 349 Å². The van der Waals surface area contributed by atoms with Crippen molar-refractivity contribution < 1.29 is 28.6 Å². The van der Waals surface area contributed by atoms with Crippen molar-refractivity contribution in [1.82, 2.24) is 0 Å². The zero-order chi connectivity index (χ0) is 41.5. The molecule has 57 heavy (non-hydrogen) atoms. The minimum Gasteiger partial charge on any atom is -0.462 e. The second-order valence-electron chi connectivity index (χ2n) is 14.7. The van der Waals surface area contributed by atoms with Gasteiger partial charge in [0.05, 0.1) is 0 Å². The van der Waals surface area contributed by atoms with Crippen molar-refractivity contribution in [2.24, 2.45) is 0 Å². The predicted molar refractivity (Wildman–Crippen MR) is 242 cm³/mol. The summed E-state index contributed by atoms with van der Waals surface area (Å²) in [7, 11) is 0. The van der Waals surface area contributed by atoms with E-state index < -0.39 is 6.10 Å². The summed E-state index contributed by atoms with van der Waals surface area (Å²) in [4.78, 5) is 37.7. The highest BCUT2D eigenvalue weighted by atomic mass is 16.6. The lowest BCUT2D eigenvalue weighted by Crippen LogP contribution is -2.30. The first-order valence-electron chi connectivity index (χ1n) is 22.8. The largest absolute Gasteiger partial charge is 0.462 e. The number of allylic oxidation sites excluding steroid dienone is 16. The van der Waals surface area contributed by atoms with Gasteiger partial charge >= 0.3 is 17.9 Å². The summed E-state index contributed by atoms with van der Waals surface area (Å²) in [6, 6.07) is 0. The van der Waals surface area contributed by atoms with Gasteiger partial charge in [-0.25, -0.2) is 0 Å². The van der Waals surface area contributed by atoms with Crippen LogP contribution >= 0.6 is 0 Å². The molecular weight excluding hydrogens is 709 g/mol. The van der Waals surface area contributed by atoms with E-state index in [1.807, 2.05) is 48.6 Å². The summed E-state index contributed by atoms with van der Waals surface area (Å²) >= 11 is 0. The van der Waals surface area contributed by atoms with E-state index in [0.29, 0.717) is 19.3 Å². The minimum absolute atomic E-state index is 0.0970. The van der Waals surface area contributed by atoms with Crippen molar-refractivity contribution in [3.63, 3.8) is 0 Å². The maximum atomic E-state index is 12.7. The van der Waals surface area contributed by atoms with Gasteiger partial charge in [0.25, 0.3) is 0 Å². The molecule has 0 aliphatic carbocycles. The molecule has 0 N–H and O–H groups in total. The molecule has 0 rings (SSSR count). The average molecular weight is 791 g/mol. The Morgan fingerprint density at radius 3 is 1.09 bits per heavy atom. The van der Waals surface area contributed by atoms with Gasteiger partial charge in [-0.1, -0.05) is 208 Å². The fourth-order valence-electron chi connectivity index (χ4n) is 5.87. The first kappa shape index (κ1) is 53.3. The first-order chi connectivity index (χ1) is 28.0. The van der Waals surface area contributed by atoms with Gasteiger partial charge in [0.15, 0.2) is 6.10 Å². The van der Waals surface area contributed by atoms with Crippen molar-refractivity contribution >= 4 is 17.9 Å². The zero-order valence-electron chi connectivity index (χ0n) is 36.6. The Hall–Kier alpha value is -3.67. The summed E-state index contributed by atoms with van der Waals surface area (Å²) in [6.07, 6.45) is 58.1. The standard InChI is InChI=1S/C51H82O6/c1-4-7-10-13-16-19-21-23-25-27-29-32-35-38-41-44-50(53)56-47-48(46-55-49(52)43-40-37-34-31-18-15-12-9-6-3)57-51(54)45-42-39-36-33-30-28-26-24-22-20-17-14-11-8-5-2/h7-8,10-11,13-14,16-17,19-23,25,27,29,48H,4-6,9,12,15,18,24,26,28,30-47H2,1-3H3/b10-7-,11-8-,16-13-,17-14-,21-19-,22-20-,25-23-,29-27-. The Morgan fingerprint density at radius 2 is 0.684 bits per heavy atom. The summed E-state index contributed by atoms with van der Waals surface area (Å²) in [5.41, 5.74) is 0. The van der Waals surface area contributed by atoms with Crippen LogP contribution in [0.3, 0.4) is 0 Å². The Morgan fingerprint density at radius 1 is 0.368 bits per heavy atom. The lowest BCUT2D eigenvalue weighted by atomic mass is 10.1. The van der Waals surface area contributed by atoms with Gasteiger partial charge in [0, 0.05) is 19.3 Å². The second kappa shape index (κ2) is 45.0. The lowest BCUT2D eigenvalue weighted by Gasteiger charge is -2.18. The van der Waals surface area contributed by atoms with Gasteiger partial charge in [-0.3, -0.25) is 14.4 Å². The van der Waals surface area contributed by atoms with Gasteiger partial charge in [-0.05, 0) is 57.8 Å². The fourth-order valence-corrected chi connectivity index (χ4v) is 5.87. The highest BCUT2D eigenvalue weighted by molar-refractivity contribution is 5.71. The Bertz CT molecular complexity index is 1180. The first-order valence-corrected chi connectivity index (χ1v) is 22.8. The van der Waals surface area contributed by atoms with Crippen LogP contribution in [0, 0.1) is 0 Å². The number of ether oxygens (including phenoxy) is 3. The van der Waals surface area contributed by atoms with E-state index >= 15 is 0 Å². The molecule has 0 amide bonds. The molecule has 6 heteroatoms. The molecule has 0 radical (unpaired) electrons. The topological polar surface area (TPSA) is 78.9 Å². The maximum absolute atomic E-state index is 12.7. The molecular formula is C51H82O6. The third-order valence-corrected chi connectivity index (χ3v) is 9.27. The minimum atomic E-state index is -0.798. The van der Waals surface area contributed by atoms with E-state index in [9.17, 15) is 14.4 Å². The number of carbonyl (C=O) groups is 3. The Balaban J connectivity index is 4.48. The smallest absolute Gasteiger partial charge is 0.306 e. The molecule has 1 atom stereocenters. The predicted octanol–water partition coefficient (Wildman–Crippen LogP) is 14.6. The van der Waals surface area contributed by atoms with Gasteiger partial charge < -0.3 is 14.2 Å². The molecule has 6 nitrogen and oxygen atoms in total. The highest BCUT2D eigenvalue weighted by Crippen LogP contribution is 2.13. The third-order valence-electron chi connectivity index (χ3n) is 9.27. The van der Waals surface area contributed by atoms with Crippen molar-refractivity contribution in [3.8, 4) is 0 Å². The van der Waals surface area contributed by atoms with Gasteiger partial charge in [0.2, 0.25) is 0 Å². The van der Waals surface area contributed by atoms with Crippen molar-refractivity contribution in [1.29, 1.82) is 0 Å². The zero-order valence-corrected chi connectivity index (χ0v) is 36.6. The van der Waals surface area contributed by atoms with Crippen LogP contribution in [-0.2, 0) is 28.6 Å². The van der Waals surface area contributed by atoms with Gasteiger partial charge in [-0.2, -0.15) is 0 Å². The highest BCUT2D eigenvalue weighted by Gasteiger charge is 2.19. The molecule has 0 spiro atoms. The molecule has 0 saturated heterocycles. The number of hydrogen-bond acceptors (Lipinski definition) is 6. The third kappa shape index (κ3) is 43.3. The van der Waals surface area contributed by atoms with Crippen molar-refractivity contribution in [2.75, 3.05) is 13.2 Å². The molecule has 0 aromatic rings. The van der Waals surface area contributed by atoms with Crippen LogP contribution in [0.1, 0.15) is 188 Å². The average Bonchev–Trinajstić information content (AvgIpc) is 3.21. The number of rotatable bonds is 39. The summed E-state index contributed by atoms with van der Waals surface area (Å²) in [5.74, 6) is -0.964. The number of esters is 3. The monoisotopic (exact) mass is 791 g/mol. The number of carbonyl (C=O) groups excluding carboxylic acids is 3. The quantitative estimate of drug-likeness (QED) is 0.0267.